The third-order valence-corrected chi connectivity index (χ3v) is 3.56. The van der Waals surface area contributed by atoms with E-state index in [1.165, 1.54) is 6.26 Å². The summed E-state index contributed by atoms with van der Waals surface area (Å²) in [4.78, 5) is 14.1. The second kappa shape index (κ2) is 5.10. The monoisotopic (exact) mass is 256 g/mol. The van der Waals surface area contributed by atoms with Crippen molar-refractivity contribution in [2.45, 2.75) is 38.3 Å². The zero-order valence-corrected chi connectivity index (χ0v) is 10.6. The van der Waals surface area contributed by atoms with Crippen LogP contribution in [0.5, 0.6) is 0 Å². The van der Waals surface area contributed by atoms with E-state index in [1.54, 1.807) is 6.07 Å². The highest BCUT2D eigenvalue weighted by Gasteiger charge is 2.31. The van der Waals surface area contributed by atoms with Crippen LogP contribution in [0.15, 0.2) is 16.7 Å². The van der Waals surface area contributed by atoms with Crippen LogP contribution in [0.4, 0.5) is 0 Å². The van der Waals surface area contributed by atoms with Gasteiger partial charge in [0.1, 0.15) is 0 Å². The molecule has 0 bridgehead atoms. The maximum atomic E-state index is 12.3. The summed E-state index contributed by atoms with van der Waals surface area (Å²) < 4.78 is 4.96. The molecule has 94 valence electrons. The number of piperidine rings is 1. The third-order valence-electron chi connectivity index (χ3n) is 3.27. The molecule has 0 aliphatic carbocycles. The van der Waals surface area contributed by atoms with Crippen molar-refractivity contribution in [2.24, 2.45) is 5.73 Å². The van der Waals surface area contributed by atoms with Crippen LogP contribution in [0.2, 0.25) is 5.22 Å². The molecule has 5 heteroatoms. The number of rotatable bonds is 2. The second-order valence-corrected chi connectivity index (χ2v) is 4.87. The fourth-order valence-corrected chi connectivity index (χ4v) is 2.55. The Balaban J connectivity index is 2.20. The van der Waals surface area contributed by atoms with Gasteiger partial charge in [0.05, 0.1) is 11.8 Å². The van der Waals surface area contributed by atoms with Gasteiger partial charge in [-0.25, -0.2) is 0 Å². The molecular weight excluding hydrogens is 240 g/mol. The smallest absolute Gasteiger partial charge is 0.259 e. The highest BCUT2D eigenvalue weighted by molar-refractivity contribution is 6.32. The van der Waals surface area contributed by atoms with Gasteiger partial charge in [-0.1, -0.05) is 0 Å². The molecule has 1 fully saturated rings. The van der Waals surface area contributed by atoms with E-state index in [0.717, 1.165) is 25.8 Å². The molecule has 1 aliphatic heterocycles. The Morgan fingerprint density at radius 1 is 1.65 bits per heavy atom. The van der Waals surface area contributed by atoms with Crippen molar-refractivity contribution in [3.05, 3.63) is 23.1 Å². The fraction of sp³-hybridized carbons (Fsp3) is 0.583. The number of hydrogen-bond acceptors (Lipinski definition) is 3. The molecule has 2 N–H and O–H groups in total. The Morgan fingerprint density at radius 3 is 3.00 bits per heavy atom. The number of likely N-dealkylation sites (tertiary alicyclic amines) is 1. The van der Waals surface area contributed by atoms with Crippen molar-refractivity contribution in [1.29, 1.82) is 0 Å². The topological polar surface area (TPSA) is 59.5 Å². The van der Waals surface area contributed by atoms with E-state index in [1.807, 2.05) is 11.8 Å². The first-order valence-corrected chi connectivity index (χ1v) is 6.28. The van der Waals surface area contributed by atoms with Crippen molar-refractivity contribution in [2.75, 3.05) is 6.54 Å². The quantitative estimate of drug-likeness (QED) is 0.883. The molecule has 2 rings (SSSR count). The van der Waals surface area contributed by atoms with Crippen LogP contribution in [0.3, 0.4) is 0 Å². The standard InChI is InChI=1S/C12H17ClN2O2/c1-8(14)10-4-2-3-6-15(10)12(16)9-5-7-17-11(9)13/h5,7-8,10H,2-4,6,14H2,1H3. The van der Waals surface area contributed by atoms with Crippen molar-refractivity contribution in [3.8, 4) is 0 Å². The van der Waals surface area contributed by atoms with Gasteiger partial charge in [0.15, 0.2) is 0 Å². The minimum Gasteiger partial charge on any atom is -0.452 e. The summed E-state index contributed by atoms with van der Waals surface area (Å²) >= 11 is 5.84. The molecule has 1 aromatic heterocycles. The van der Waals surface area contributed by atoms with Gasteiger partial charge in [-0.3, -0.25) is 4.79 Å². The molecular formula is C12H17ClN2O2. The Labute approximate surface area is 106 Å². The average molecular weight is 257 g/mol. The maximum absolute atomic E-state index is 12.3. The molecule has 1 aromatic rings. The van der Waals surface area contributed by atoms with E-state index in [2.05, 4.69) is 0 Å². The van der Waals surface area contributed by atoms with E-state index in [-0.39, 0.29) is 23.2 Å². The summed E-state index contributed by atoms with van der Waals surface area (Å²) in [6.45, 7) is 2.68. The lowest BCUT2D eigenvalue weighted by Gasteiger charge is -2.37. The lowest BCUT2D eigenvalue weighted by molar-refractivity contribution is 0.0583. The van der Waals surface area contributed by atoms with Crippen LogP contribution >= 0.6 is 11.6 Å². The number of nitrogens with zero attached hydrogens (tertiary/aromatic N) is 1. The SMILES string of the molecule is CC(N)C1CCCCN1C(=O)c1ccoc1Cl. The lowest BCUT2D eigenvalue weighted by Crippen LogP contribution is -2.51. The predicted molar refractivity (Wildman–Crippen MR) is 66.0 cm³/mol. The molecule has 1 saturated heterocycles. The number of halogens is 1. The first kappa shape index (κ1) is 12.5. The second-order valence-electron chi connectivity index (χ2n) is 4.53. The highest BCUT2D eigenvalue weighted by atomic mass is 35.5. The molecule has 1 aliphatic rings. The first-order chi connectivity index (χ1) is 8.11. The summed E-state index contributed by atoms with van der Waals surface area (Å²) in [5.41, 5.74) is 6.37. The molecule has 2 unspecified atom stereocenters. The molecule has 0 saturated carbocycles. The molecule has 1 amide bonds. The minimum absolute atomic E-state index is 0.0232. The first-order valence-electron chi connectivity index (χ1n) is 5.91. The van der Waals surface area contributed by atoms with Crippen molar-refractivity contribution < 1.29 is 9.21 Å². The lowest BCUT2D eigenvalue weighted by atomic mass is 9.96. The van der Waals surface area contributed by atoms with Gasteiger partial charge in [0.25, 0.3) is 5.91 Å². The van der Waals surface area contributed by atoms with Gasteiger partial charge < -0.3 is 15.1 Å². The molecule has 0 spiro atoms. The summed E-state index contributed by atoms with van der Waals surface area (Å²) in [6, 6.07) is 1.68. The Morgan fingerprint density at radius 2 is 2.41 bits per heavy atom. The zero-order chi connectivity index (χ0) is 12.4. The van der Waals surface area contributed by atoms with Crippen molar-refractivity contribution in [1.82, 2.24) is 4.90 Å². The largest absolute Gasteiger partial charge is 0.452 e. The van der Waals surface area contributed by atoms with Crippen LogP contribution in [0.1, 0.15) is 36.5 Å². The van der Waals surface area contributed by atoms with E-state index in [0.29, 0.717) is 5.56 Å². The van der Waals surface area contributed by atoms with Crippen LogP contribution in [0.25, 0.3) is 0 Å². The van der Waals surface area contributed by atoms with Crippen LogP contribution in [0, 0.1) is 0 Å². The van der Waals surface area contributed by atoms with Gasteiger partial charge in [0.2, 0.25) is 5.22 Å². The Kier molecular flexibility index (Phi) is 3.74. The van der Waals surface area contributed by atoms with Crippen molar-refractivity contribution >= 4 is 17.5 Å². The van der Waals surface area contributed by atoms with Gasteiger partial charge in [-0.2, -0.15) is 0 Å². The van der Waals surface area contributed by atoms with Crippen LogP contribution in [-0.4, -0.2) is 29.4 Å². The molecule has 2 atom stereocenters. The number of amides is 1. The zero-order valence-electron chi connectivity index (χ0n) is 9.86. The number of nitrogens with two attached hydrogens (primary N) is 1. The number of carbonyl (C=O) groups is 1. The molecule has 17 heavy (non-hydrogen) atoms. The maximum Gasteiger partial charge on any atom is 0.259 e. The van der Waals surface area contributed by atoms with Crippen LogP contribution < -0.4 is 5.73 Å². The highest BCUT2D eigenvalue weighted by Crippen LogP contribution is 2.25. The van der Waals surface area contributed by atoms with Crippen molar-refractivity contribution in [3.63, 3.8) is 0 Å². The summed E-state index contributed by atoms with van der Waals surface area (Å²) in [5.74, 6) is -0.0780. The molecule has 4 nitrogen and oxygen atoms in total. The Bertz CT molecular complexity index is 403. The fourth-order valence-electron chi connectivity index (χ4n) is 2.36. The average Bonchev–Trinajstić information content (AvgIpc) is 2.74. The summed E-state index contributed by atoms with van der Waals surface area (Å²) in [6.07, 6.45) is 4.53. The number of hydrogen-bond donors (Lipinski definition) is 1. The number of furan rings is 1. The van der Waals surface area contributed by atoms with Gasteiger partial charge >= 0.3 is 0 Å². The van der Waals surface area contributed by atoms with E-state index in [4.69, 9.17) is 21.8 Å². The van der Waals surface area contributed by atoms with E-state index < -0.39 is 0 Å². The van der Waals surface area contributed by atoms with Crippen LogP contribution in [-0.2, 0) is 0 Å². The van der Waals surface area contributed by atoms with Gasteiger partial charge in [-0.05, 0) is 43.9 Å². The number of carbonyl (C=O) groups excluding carboxylic acids is 1. The molecule has 0 aromatic carbocycles. The molecule has 0 radical (unpaired) electrons. The summed E-state index contributed by atoms with van der Waals surface area (Å²) in [7, 11) is 0. The third kappa shape index (κ3) is 2.48. The van der Waals surface area contributed by atoms with Gasteiger partial charge in [-0.15, -0.1) is 0 Å². The minimum atomic E-state index is -0.0780. The Hall–Kier alpha value is -1.00. The van der Waals surface area contributed by atoms with Gasteiger partial charge in [0, 0.05) is 18.6 Å². The molecule has 2 heterocycles. The normalized spacial score (nSPS) is 22.5. The van der Waals surface area contributed by atoms with E-state index in [9.17, 15) is 4.79 Å². The predicted octanol–water partition coefficient (Wildman–Crippen LogP) is 2.27. The summed E-state index contributed by atoms with van der Waals surface area (Å²) in [5, 5.41) is 0.156. The van der Waals surface area contributed by atoms with E-state index >= 15 is 0 Å².